The molecule has 3 heteroatoms. The maximum absolute atomic E-state index is 6.37. The quantitative estimate of drug-likeness (QED) is 0.666. The molecule has 0 radical (unpaired) electrons. The monoisotopic (exact) mass is 390 g/mol. The summed E-state index contributed by atoms with van der Waals surface area (Å²) in [6, 6.07) is 14.5. The minimum Gasteiger partial charge on any atom is -0.366 e. The third kappa shape index (κ3) is 3.75. The molecule has 1 aliphatic carbocycles. The first kappa shape index (κ1) is 19.3. The van der Waals surface area contributed by atoms with E-state index < -0.39 is 0 Å². The van der Waals surface area contributed by atoms with Crippen LogP contribution in [0.1, 0.15) is 68.3 Å². The lowest BCUT2D eigenvalue weighted by Crippen LogP contribution is -2.42. The molecule has 5 rings (SSSR count). The molecule has 0 bridgehead atoms. The highest BCUT2D eigenvalue weighted by Crippen LogP contribution is 2.43. The van der Waals surface area contributed by atoms with Gasteiger partial charge in [-0.3, -0.25) is 9.88 Å². The number of aryl methyl sites for hydroxylation is 2. The van der Waals surface area contributed by atoms with Gasteiger partial charge in [-0.15, -0.1) is 0 Å². The molecule has 1 aromatic heterocycles. The Balaban J connectivity index is 1.28. The van der Waals surface area contributed by atoms with Crippen molar-refractivity contribution < 1.29 is 4.74 Å². The normalized spacial score (nSPS) is 32.0. The molecule has 0 N–H and O–H groups in total. The smallest absolute Gasteiger partial charge is 0.0926 e. The Morgan fingerprint density at radius 2 is 1.86 bits per heavy atom. The maximum Gasteiger partial charge on any atom is 0.0926 e. The van der Waals surface area contributed by atoms with Crippen LogP contribution in [0.25, 0.3) is 0 Å². The standard InChI is InChI=1S/C26H34N2O/c1-19-9-13-23(16-26(2)24-8-4-3-6-22(24)18-29-26)28(19)17-20-10-12-21-7-5-15-27-25(21)14-11-20/h3-8,15,19-20,23H,9-14,16-18H2,1-2H3. The van der Waals surface area contributed by atoms with E-state index in [0.717, 1.165) is 25.4 Å². The molecular formula is C26H34N2O. The molecular weight excluding hydrogens is 356 g/mol. The van der Waals surface area contributed by atoms with E-state index in [2.05, 4.69) is 60.1 Å². The van der Waals surface area contributed by atoms with Crippen molar-refractivity contribution in [2.75, 3.05) is 6.54 Å². The molecule has 0 amide bonds. The zero-order valence-electron chi connectivity index (χ0n) is 17.9. The molecule has 154 valence electrons. The molecule has 1 fully saturated rings. The van der Waals surface area contributed by atoms with Gasteiger partial charge in [0.2, 0.25) is 0 Å². The predicted octanol–water partition coefficient (Wildman–Crippen LogP) is 5.27. The van der Waals surface area contributed by atoms with Crippen molar-refractivity contribution >= 4 is 0 Å². The number of hydrogen-bond donors (Lipinski definition) is 0. The lowest BCUT2D eigenvalue weighted by atomic mass is 9.87. The average Bonchev–Trinajstić information content (AvgIpc) is 3.16. The number of ether oxygens (including phenoxy) is 1. The highest BCUT2D eigenvalue weighted by Gasteiger charge is 2.42. The summed E-state index contributed by atoms with van der Waals surface area (Å²) < 4.78 is 6.37. The van der Waals surface area contributed by atoms with Gasteiger partial charge in [-0.1, -0.05) is 30.3 Å². The molecule has 4 unspecified atom stereocenters. The van der Waals surface area contributed by atoms with Crippen molar-refractivity contribution in [2.24, 2.45) is 5.92 Å². The number of benzene rings is 1. The van der Waals surface area contributed by atoms with Gasteiger partial charge in [-0.2, -0.15) is 0 Å². The van der Waals surface area contributed by atoms with Gasteiger partial charge in [0.1, 0.15) is 0 Å². The molecule has 1 aromatic carbocycles. The fourth-order valence-corrected chi connectivity index (χ4v) is 6.02. The Morgan fingerprint density at radius 1 is 1.03 bits per heavy atom. The van der Waals surface area contributed by atoms with Crippen LogP contribution in [0.5, 0.6) is 0 Å². The minimum absolute atomic E-state index is 0.132. The second kappa shape index (κ2) is 7.85. The number of rotatable bonds is 4. The lowest BCUT2D eigenvalue weighted by molar-refractivity contribution is -0.0467. The Morgan fingerprint density at radius 3 is 2.79 bits per heavy atom. The van der Waals surface area contributed by atoms with Crippen LogP contribution in [0, 0.1) is 5.92 Å². The second-order valence-electron chi connectivity index (χ2n) is 9.71. The molecule has 2 aliphatic heterocycles. The van der Waals surface area contributed by atoms with Crippen molar-refractivity contribution in [1.29, 1.82) is 0 Å². The van der Waals surface area contributed by atoms with Gasteiger partial charge >= 0.3 is 0 Å². The van der Waals surface area contributed by atoms with Gasteiger partial charge in [0.25, 0.3) is 0 Å². The number of fused-ring (bicyclic) bond motifs is 2. The third-order valence-electron chi connectivity index (χ3n) is 7.78. The summed E-state index contributed by atoms with van der Waals surface area (Å²) in [5.74, 6) is 0.775. The average molecular weight is 391 g/mol. The molecule has 4 atom stereocenters. The Kier molecular flexibility index (Phi) is 5.21. The van der Waals surface area contributed by atoms with E-state index in [4.69, 9.17) is 4.74 Å². The summed E-state index contributed by atoms with van der Waals surface area (Å²) in [5, 5.41) is 0. The minimum atomic E-state index is -0.132. The van der Waals surface area contributed by atoms with E-state index in [0.29, 0.717) is 12.1 Å². The lowest BCUT2D eigenvalue weighted by Gasteiger charge is -2.36. The van der Waals surface area contributed by atoms with Crippen molar-refractivity contribution in [2.45, 2.75) is 83.1 Å². The van der Waals surface area contributed by atoms with Gasteiger partial charge in [0.05, 0.1) is 12.2 Å². The molecule has 3 nitrogen and oxygen atoms in total. The summed E-state index contributed by atoms with van der Waals surface area (Å²) in [4.78, 5) is 7.47. The first-order chi connectivity index (χ1) is 14.1. The fraction of sp³-hybridized carbons (Fsp3) is 0.577. The highest BCUT2D eigenvalue weighted by atomic mass is 16.5. The molecule has 2 aromatic rings. The molecule has 29 heavy (non-hydrogen) atoms. The summed E-state index contributed by atoms with van der Waals surface area (Å²) in [6.45, 7) is 6.74. The Labute approximate surface area is 175 Å². The van der Waals surface area contributed by atoms with Crippen molar-refractivity contribution in [1.82, 2.24) is 9.88 Å². The number of hydrogen-bond acceptors (Lipinski definition) is 3. The number of aromatic nitrogens is 1. The zero-order chi connectivity index (χ0) is 19.8. The molecule has 0 spiro atoms. The molecule has 0 saturated carbocycles. The first-order valence-corrected chi connectivity index (χ1v) is 11.5. The van der Waals surface area contributed by atoms with Crippen LogP contribution < -0.4 is 0 Å². The van der Waals surface area contributed by atoms with E-state index >= 15 is 0 Å². The zero-order valence-corrected chi connectivity index (χ0v) is 17.9. The maximum atomic E-state index is 6.37. The van der Waals surface area contributed by atoms with Crippen LogP contribution in [-0.2, 0) is 29.8 Å². The topological polar surface area (TPSA) is 25.4 Å². The summed E-state index contributed by atoms with van der Waals surface area (Å²) in [6.07, 6.45) is 10.6. The highest BCUT2D eigenvalue weighted by molar-refractivity contribution is 5.35. The summed E-state index contributed by atoms with van der Waals surface area (Å²) in [7, 11) is 0. The van der Waals surface area contributed by atoms with Crippen LogP contribution in [-0.4, -0.2) is 28.5 Å². The van der Waals surface area contributed by atoms with Crippen LogP contribution in [0.15, 0.2) is 42.6 Å². The SMILES string of the molecule is CC1CCC(CC2(C)OCc3ccccc32)N1CC1CCc2cccnc2CC1. The third-order valence-corrected chi connectivity index (χ3v) is 7.78. The van der Waals surface area contributed by atoms with Crippen LogP contribution in [0.2, 0.25) is 0 Å². The van der Waals surface area contributed by atoms with Crippen LogP contribution in [0.4, 0.5) is 0 Å². The van der Waals surface area contributed by atoms with Crippen molar-refractivity contribution in [3.05, 3.63) is 65.0 Å². The van der Waals surface area contributed by atoms with E-state index in [1.54, 1.807) is 0 Å². The van der Waals surface area contributed by atoms with E-state index in [1.165, 1.54) is 61.0 Å². The summed E-state index contributed by atoms with van der Waals surface area (Å²) in [5.41, 5.74) is 5.47. The Bertz CT molecular complexity index is 838. The Hall–Kier alpha value is -1.71. The molecule has 3 heterocycles. The van der Waals surface area contributed by atoms with Gasteiger partial charge in [-0.05, 0) is 87.5 Å². The van der Waals surface area contributed by atoms with Crippen LogP contribution in [0.3, 0.4) is 0 Å². The van der Waals surface area contributed by atoms with Gasteiger partial charge in [0.15, 0.2) is 0 Å². The second-order valence-corrected chi connectivity index (χ2v) is 9.71. The van der Waals surface area contributed by atoms with E-state index in [1.807, 2.05) is 6.20 Å². The number of likely N-dealkylation sites (tertiary alicyclic amines) is 1. The number of nitrogens with zero attached hydrogens (tertiary/aromatic N) is 2. The van der Waals surface area contributed by atoms with Gasteiger partial charge in [-0.25, -0.2) is 0 Å². The van der Waals surface area contributed by atoms with Crippen LogP contribution >= 0.6 is 0 Å². The van der Waals surface area contributed by atoms with E-state index in [-0.39, 0.29) is 5.60 Å². The molecule has 1 saturated heterocycles. The first-order valence-electron chi connectivity index (χ1n) is 11.5. The predicted molar refractivity (Wildman–Crippen MR) is 117 cm³/mol. The number of pyridine rings is 1. The van der Waals surface area contributed by atoms with Crippen molar-refractivity contribution in [3.63, 3.8) is 0 Å². The largest absolute Gasteiger partial charge is 0.366 e. The van der Waals surface area contributed by atoms with Gasteiger partial charge in [0, 0.05) is 30.5 Å². The van der Waals surface area contributed by atoms with E-state index in [9.17, 15) is 0 Å². The summed E-state index contributed by atoms with van der Waals surface area (Å²) >= 11 is 0. The molecule has 3 aliphatic rings. The van der Waals surface area contributed by atoms with Crippen molar-refractivity contribution in [3.8, 4) is 0 Å². The fourth-order valence-electron chi connectivity index (χ4n) is 6.02. The van der Waals surface area contributed by atoms with Gasteiger partial charge < -0.3 is 4.74 Å².